The van der Waals surface area contributed by atoms with Crippen LogP contribution in [-0.2, 0) is 10.5 Å². The second-order valence-electron chi connectivity index (χ2n) is 7.67. The molecule has 5 nitrogen and oxygen atoms in total. The van der Waals surface area contributed by atoms with E-state index in [2.05, 4.69) is 53.1 Å². The Morgan fingerprint density at radius 3 is 2.06 bits per heavy atom. The van der Waals surface area contributed by atoms with Gasteiger partial charge < -0.3 is 24.3 Å². The third-order valence-electron chi connectivity index (χ3n) is 5.68. The van der Waals surface area contributed by atoms with Crippen LogP contribution in [0, 0.1) is 0 Å². The van der Waals surface area contributed by atoms with Gasteiger partial charge in [0.05, 0.1) is 32.5 Å². The van der Waals surface area contributed by atoms with E-state index >= 15 is 0 Å². The average molecular weight is 478 g/mol. The van der Waals surface area contributed by atoms with Crippen molar-refractivity contribution in [3.63, 3.8) is 0 Å². The lowest BCUT2D eigenvalue weighted by atomic mass is 10.1. The van der Waals surface area contributed by atoms with Gasteiger partial charge in [-0.1, -0.05) is 12.1 Å². The van der Waals surface area contributed by atoms with Crippen LogP contribution < -0.4 is 24.3 Å². The van der Waals surface area contributed by atoms with Gasteiger partial charge in [0.2, 0.25) is 0 Å². The zero-order valence-corrected chi connectivity index (χ0v) is 21.2. The third kappa shape index (κ3) is 6.21. The lowest BCUT2D eigenvalue weighted by molar-refractivity contribution is 0.354. The molecule has 1 N–H and O–H groups in total. The highest BCUT2D eigenvalue weighted by atomic mass is 32.2. The van der Waals surface area contributed by atoms with Crippen LogP contribution in [0.15, 0.2) is 36.4 Å². The van der Waals surface area contributed by atoms with E-state index in [9.17, 15) is 0 Å². The monoisotopic (exact) mass is 477 g/mol. The Morgan fingerprint density at radius 2 is 1.41 bits per heavy atom. The van der Waals surface area contributed by atoms with Gasteiger partial charge in [-0.2, -0.15) is 0 Å². The lowest BCUT2D eigenvalue weighted by Gasteiger charge is -2.37. The molecule has 0 bridgehead atoms. The maximum Gasteiger partial charge on any atom is 0.161 e. The van der Waals surface area contributed by atoms with E-state index in [1.165, 1.54) is 29.1 Å². The minimum atomic E-state index is 0.0861. The van der Waals surface area contributed by atoms with Gasteiger partial charge in [0.15, 0.2) is 23.0 Å². The molecule has 0 unspecified atom stereocenters. The fraction of sp³-hybridized carbons (Fsp3) is 0.520. The summed E-state index contributed by atoms with van der Waals surface area (Å²) in [6.45, 7) is 1.95. The van der Waals surface area contributed by atoms with E-state index in [4.69, 9.17) is 18.9 Å². The van der Waals surface area contributed by atoms with Gasteiger partial charge in [0.25, 0.3) is 0 Å². The van der Waals surface area contributed by atoms with Crippen LogP contribution in [0.4, 0.5) is 0 Å². The number of ether oxygens (including phenoxy) is 4. The molecular formula is C25H35NO4S2. The van der Waals surface area contributed by atoms with Gasteiger partial charge in [-0.15, -0.1) is 23.5 Å². The van der Waals surface area contributed by atoms with Crippen LogP contribution >= 0.6 is 23.5 Å². The van der Waals surface area contributed by atoms with Crippen LogP contribution in [0.25, 0.3) is 0 Å². The molecule has 1 saturated heterocycles. The van der Waals surface area contributed by atoms with Crippen LogP contribution in [0.2, 0.25) is 0 Å². The molecule has 0 saturated carbocycles. The normalized spacial score (nSPS) is 15.2. The van der Waals surface area contributed by atoms with Crippen molar-refractivity contribution >= 4 is 23.5 Å². The van der Waals surface area contributed by atoms with Gasteiger partial charge in [-0.25, -0.2) is 0 Å². The Bertz CT molecular complexity index is 856. The summed E-state index contributed by atoms with van der Waals surface area (Å²) >= 11 is 4.16. The number of thioether (sulfide) groups is 2. The molecule has 1 aliphatic heterocycles. The molecular weight excluding hydrogens is 442 g/mol. The van der Waals surface area contributed by atoms with E-state index in [0.717, 1.165) is 55.4 Å². The molecule has 1 heterocycles. The zero-order valence-electron chi connectivity index (χ0n) is 19.6. The van der Waals surface area contributed by atoms with E-state index in [0.29, 0.717) is 0 Å². The van der Waals surface area contributed by atoms with Gasteiger partial charge in [0, 0.05) is 0 Å². The van der Waals surface area contributed by atoms with Crippen molar-refractivity contribution in [2.75, 3.05) is 53.0 Å². The minimum Gasteiger partial charge on any atom is -0.493 e. The van der Waals surface area contributed by atoms with Crippen molar-refractivity contribution in [3.05, 3.63) is 47.5 Å². The first-order valence-electron chi connectivity index (χ1n) is 11.1. The summed E-state index contributed by atoms with van der Waals surface area (Å²) in [6, 6.07) is 12.5. The molecule has 0 atom stereocenters. The van der Waals surface area contributed by atoms with Crippen molar-refractivity contribution in [2.24, 2.45) is 0 Å². The molecule has 0 spiro atoms. The summed E-state index contributed by atoms with van der Waals surface area (Å²) in [7, 11) is 6.73. The van der Waals surface area contributed by atoms with E-state index < -0.39 is 0 Å². The number of hydrogen-bond acceptors (Lipinski definition) is 7. The summed E-state index contributed by atoms with van der Waals surface area (Å²) in [6.07, 6.45) is 4.49. The van der Waals surface area contributed by atoms with E-state index in [1.54, 1.807) is 28.4 Å². The summed E-state index contributed by atoms with van der Waals surface area (Å²) in [4.78, 5) is 0. The van der Waals surface area contributed by atoms with Crippen LogP contribution in [0.1, 0.15) is 30.4 Å². The summed E-state index contributed by atoms with van der Waals surface area (Å²) in [5.74, 6) is 5.56. The molecule has 1 aliphatic rings. The Morgan fingerprint density at radius 1 is 0.781 bits per heavy atom. The summed E-state index contributed by atoms with van der Waals surface area (Å²) in [5, 5.41) is 3.61. The fourth-order valence-electron chi connectivity index (χ4n) is 3.94. The molecule has 176 valence electrons. The highest BCUT2D eigenvalue weighted by molar-refractivity contribution is 8.18. The van der Waals surface area contributed by atoms with Crippen molar-refractivity contribution in [1.82, 2.24) is 5.32 Å². The molecule has 2 aromatic rings. The van der Waals surface area contributed by atoms with E-state index in [1.807, 2.05) is 12.1 Å². The highest BCUT2D eigenvalue weighted by Crippen LogP contribution is 2.54. The summed E-state index contributed by atoms with van der Waals surface area (Å²) in [5.41, 5.74) is 2.57. The van der Waals surface area contributed by atoms with Crippen LogP contribution in [0.3, 0.4) is 0 Å². The fourth-order valence-corrected chi connectivity index (χ4v) is 7.36. The third-order valence-corrected chi connectivity index (χ3v) is 9.19. The quantitative estimate of drug-likeness (QED) is 0.413. The molecule has 7 heteroatoms. The maximum atomic E-state index is 5.57. The Hall–Kier alpha value is -1.70. The molecule has 0 amide bonds. The Labute approximate surface area is 200 Å². The van der Waals surface area contributed by atoms with Crippen molar-refractivity contribution in [1.29, 1.82) is 0 Å². The number of nitrogens with one attached hydrogen (secondary N) is 1. The van der Waals surface area contributed by atoms with E-state index in [-0.39, 0.29) is 4.08 Å². The molecule has 0 radical (unpaired) electrons. The number of rotatable bonds is 12. The van der Waals surface area contributed by atoms with Gasteiger partial charge in [-0.05, 0) is 85.7 Å². The molecule has 32 heavy (non-hydrogen) atoms. The molecule has 3 rings (SSSR count). The van der Waals surface area contributed by atoms with Crippen molar-refractivity contribution in [3.8, 4) is 23.0 Å². The minimum absolute atomic E-state index is 0.0861. The second-order valence-corrected chi connectivity index (χ2v) is 10.7. The van der Waals surface area contributed by atoms with Crippen molar-refractivity contribution in [2.45, 2.75) is 29.8 Å². The average Bonchev–Trinajstić information content (AvgIpc) is 2.86. The van der Waals surface area contributed by atoms with Gasteiger partial charge >= 0.3 is 0 Å². The molecule has 1 fully saturated rings. The number of benzene rings is 2. The Balaban J connectivity index is 1.53. The molecule has 2 aromatic carbocycles. The zero-order chi connectivity index (χ0) is 22.8. The second kappa shape index (κ2) is 12.5. The van der Waals surface area contributed by atoms with Crippen molar-refractivity contribution < 1.29 is 18.9 Å². The summed E-state index contributed by atoms with van der Waals surface area (Å²) < 4.78 is 21.8. The first-order chi connectivity index (χ1) is 15.7. The predicted molar refractivity (Wildman–Crippen MR) is 136 cm³/mol. The van der Waals surface area contributed by atoms with Crippen LogP contribution in [-0.4, -0.2) is 53.0 Å². The topological polar surface area (TPSA) is 49.0 Å². The number of methoxy groups -OCH3 is 4. The van der Waals surface area contributed by atoms with Gasteiger partial charge in [-0.3, -0.25) is 0 Å². The largest absolute Gasteiger partial charge is 0.493 e. The lowest BCUT2D eigenvalue weighted by Crippen LogP contribution is -2.26. The van der Waals surface area contributed by atoms with Gasteiger partial charge in [0.1, 0.15) is 0 Å². The van der Waals surface area contributed by atoms with Crippen LogP contribution in [0.5, 0.6) is 23.0 Å². The Kier molecular flexibility index (Phi) is 9.75. The molecule has 0 aliphatic carbocycles. The predicted octanol–water partition coefficient (Wildman–Crippen LogP) is 5.36. The standard InChI is InChI=1S/C25H35NO4S2/c1-27-21-9-7-19(17-23(21)29-3)11-14-26-13-5-12-25(31-15-6-16-32-25)20-8-10-22(28-2)24(18-20)30-4/h7-10,17-18,26H,5-6,11-16H2,1-4H3. The first kappa shape index (κ1) is 24.9. The maximum absolute atomic E-state index is 5.57. The highest BCUT2D eigenvalue weighted by Gasteiger charge is 2.35. The SMILES string of the molecule is COc1ccc(CCNCCCC2(c3ccc(OC)c(OC)c3)SCCCS2)cc1OC. The number of hydrogen-bond donors (Lipinski definition) is 1. The first-order valence-corrected chi connectivity index (χ1v) is 13.0. The molecule has 0 aromatic heterocycles. The smallest absolute Gasteiger partial charge is 0.161 e.